The van der Waals surface area contributed by atoms with Crippen molar-refractivity contribution in [2.24, 2.45) is 0 Å². The number of hydrogen-bond acceptors (Lipinski definition) is 6. The lowest BCUT2D eigenvalue weighted by Crippen LogP contribution is -2.31. The zero-order valence-corrected chi connectivity index (χ0v) is 18.0. The van der Waals surface area contributed by atoms with Crippen molar-refractivity contribution in [3.05, 3.63) is 52.8 Å². The molecule has 1 aromatic heterocycles. The fraction of sp³-hybridized carbons (Fsp3) is 0.409. The Morgan fingerprint density at radius 3 is 2.37 bits per heavy atom. The molecule has 1 heterocycles. The van der Waals surface area contributed by atoms with E-state index < -0.39 is 11.9 Å². The molecule has 8 nitrogen and oxygen atoms in total. The highest BCUT2D eigenvalue weighted by molar-refractivity contribution is 6.00. The molecule has 0 aliphatic rings. The molecule has 2 aromatic rings. The van der Waals surface area contributed by atoms with Crippen molar-refractivity contribution in [1.82, 2.24) is 9.88 Å². The van der Waals surface area contributed by atoms with Crippen LogP contribution in [0.3, 0.4) is 0 Å². The quantitative estimate of drug-likeness (QED) is 0.472. The lowest BCUT2D eigenvalue weighted by atomic mass is 10.1. The number of ketones is 1. The van der Waals surface area contributed by atoms with E-state index in [9.17, 15) is 14.4 Å². The van der Waals surface area contributed by atoms with Gasteiger partial charge in [0, 0.05) is 29.6 Å². The number of rotatable bonds is 10. The number of benzene rings is 1. The number of Topliss-reactive ketones (excluding diaryl/α,β-unsaturated/α-hetero) is 1. The predicted molar refractivity (Wildman–Crippen MR) is 111 cm³/mol. The molecule has 0 fully saturated rings. The highest BCUT2D eigenvalue weighted by atomic mass is 16.5. The van der Waals surface area contributed by atoms with Gasteiger partial charge in [-0.15, -0.1) is 0 Å². The zero-order valence-electron chi connectivity index (χ0n) is 18.0. The number of aryl methyl sites for hydroxylation is 1. The number of ether oxygens (including phenoxy) is 3. The van der Waals surface area contributed by atoms with E-state index in [1.165, 1.54) is 7.11 Å². The first-order chi connectivity index (χ1) is 14.3. The van der Waals surface area contributed by atoms with E-state index in [4.69, 9.17) is 14.2 Å². The summed E-state index contributed by atoms with van der Waals surface area (Å²) in [6.45, 7) is 5.57. The Balaban J connectivity index is 1.88. The van der Waals surface area contributed by atoms with Crippen LogP contribution in [-0.4, -0.2) is 56.2 Å². The van der Waals surface area contributed by atoms with E-state index in [0.29, 0.717) is 23.5 Å². The second kappa shape index (κ2) is 10.6. The molecular formula is C22H28N2O6. The molecule has 30 heavy (non-hydrogen) atoms. The molecule has 0 bridgehead atoms. The molecule has 1 N–H and O–H groups in total. The van der Waals surface area contributed by atoms with E-state index >= 15 is 0 Å². The third-order valence-corrected chi connectivity index (χ3v) is 4.74. The summed E-state index contributed by atoms with van der Waals surface area (Å²) < 4.78 is 17.3. The van der Waals surface area contributed by atoms with Crippen LogP contribution in [-0.2, 0) is 14.3 Å². The Bertz CT molecular complexity index is 901. The zero-order chi connectivity index (χ0) is 22.3. The number of amides is 1. The summed E-state index contributed by atoms with van der Waals surface area (Å²) >= 11 is 0. The molecule has 2 rings (SSSR count). The third-order valence-electron chi connectivity index (χ3n) is 4.74. The Morgan fingerprint density at radius 1 is 1.10 bits per heavy atom. The van der Waals surface area contributed by atoms with Crippen LogP contribution in [0.5, 0.6) is 5.75 Å². The van der Waals surface area contributed by atoms with Crippen molar-refractivity contribution in [1.29, 1.82) is 0 Å². The van der Waals surface area contributed by atoms with E-state index in [0.717, 1.165) is 11.4 Å². The number of carbonyl (C=O) groups excluding carboxylic acids is 3. The van der Waals surface area contributed by atoms with Gasteiger partial charge in [0.05, 0.1) is 19.8 Å². The molecule has 1 atom stereocenters. The van der Waals surface area contributed by atoms with Crippen molar-refractivity contribution in [2.45, 2.75) is 26.8 Å². The fourth-order valence-electron chi connectivity index (χ4n) is 3.33. The normalized spacial score (nSPS) is 11.6. The van der Waals surface area contributed by atoms with Crippen LogP contribution < -0.4 is 10.1 Å². The van der Waals surface area contributed by atoms with Crippen molar-refractivity contribution >= 4 is 17.7 Å². The second-order valence-electron chi connectivity index (χ2n) is 6.95. The SMILES string of the molecule is COC[C@H](C)n1c(C)cc(C(=O)COC(=O)CNC(=O)c2ccc(OC)cc2)c1C. The molecular weight excluding hydrogens is 388 g/mol. The summed E-state index contributed by atoms with van der Waals surface area (Å²) in [5.74, 6) is -0.780. The van der Waals surface area contributed by atoms with Crippen molar-refractivity contribution in [3.8, 4) is 5.75 Å². The largest absolute Gasteiger partial charge is 0.497 e. The van der Waals surface area contributed by atoms with E-state index in [2.05, 4.69) is 5.32 Å². The molecule has 0 aliphatic heterocycles. The first-order valence-corrected chi connectivity index (χ1v) is 9.56. The number of esters is 1. The lowest BCUT2D eigenvalue weighted by Gasteiger charge is -2.17. The molecule has 0 aliphatic carbocycles. The summed E-state index contributed by atoms with van der Waals surface area (Å²) in [6, 6.07) is 8.33. The summed E-state index contributed by atoms with van der Waals surface area (Å²) in [7, 11) is 3.16. The topological polar surface area (TPSA) is 95.9 Å². The van der Waals surface area contributed by atoms with Crippen LogP contribution in [0.25, 0.3) is 0 Å². The molecule has 1 aromatic carbocycles. The highest BCUT2D eigenvalue weighted by Gasteiger charge is 2.20. The Labute approximate surface area is 176 Å². The molecule has 0 saturated heterocycles. The van der Waals surface area contributed by atoms with Gasteiger partial charge in [0.2, 0.25) is 5.78 Å². The van der Waals surface area contributed by atoms with E-state index in [-0.39, 0.29) is 25.0 Å². The molecule has 0 saturated carbocycles. The maximum absolute atomic E-state index is 12.5. The predicted octanol–water partition coefficient (Wildman–Crippen LogP) is 2.48. The van der Waals surface area contributed by atoms with Gasteiger partial charge >= 0.3 is 5.97 Å². The van der Waals surface area contributed by atoms with Gasteiger partial charge in [0.1, 0.15) is 12.3 Å². The van der Waals surface area contributed by atoms with Crippen LogP contribution in [0.15, 0.2) is 30.3 Å². The summed E-state index contributed by atoms with van der Waals surface area (Å²) in [5, 5.41) is 2.47. The molecule has 0 unspecified atom stereocenters. The summed E-state index contributed by atoms with van der Waals surface area (Å²) in [5.41, 5.74) is 2.62. The van der Waals surface area contributed by atoms with Gasteiger partial charge in [-0.1, -0.05) is 0 Å². The Hall–Kier alpha value is -3.13. The monoisotopic (exact) mass is 416 g/mol. The van der Waals surface area contributed by atoms with Gasteiger partial charge in [-0.3, -0.25) is 14.4 Å². The number of nitrogens with one attached hydrogen (secondary N) is 1. The molecule has 0 radical (unpaired) electrons. The van der Waals surface area contributed by atoms with Gasteiger partial charge in [-0.05, 0) is 51.1 Å². The van der Waals surface area contributed by atoms with Crippen LogP contribution in [0, 0.1) is 13.8 Å². The number of hydrogen-bond donors (Lipinski definition) is 1. The van der Waals surface area contributed by atoms with Crippen molar-refractivity contribution < 1.29 is 28.6 Å². The minimum Gasteiger partial charge on any atom is -0.497 e. The number of aromatic nitrogens is 1. The van der Waals surface area contributed by atoms with Crippen LogP contribution in [0.4, 0.5) is 0 Å². The number of nitrogens with zero attached hydrogens (tertiary/aromatic N) is 1. The Morgan fingerprint density at radius 2 is 1.77 bits per heavy atom. The second-order valence-corrected chi connectivity index (χ2v) is 6.95. The first-order valence-electron chi connectivity index (χ1n) is 9.56. The molecule has 0 spiro atoms. The van der Waals surface area contributed by atoms with Gasteiger partial charge in [0.15, 0.2) is 6.61 Å². The van der Waals surface area contributed by atoms with Gasteiger partial charge in [-0.2, -0.15) is 0 Å². The average molecular weight is 416 g/mol. The first kappa shape index (κ1) is 23.2. The molecule has 8 heteroatoms. The summed E-state index contributed by atoms with van der Waals surface area (Å²) in [4.78, 5) is 36.5. The van der Waals surface area contributed by atoms with Crippen LogP contribution >= 0.6 is 0 Å². The third kappa shape index (κ3) is 5.70. The van der Waals surface area contributed by atoms with Gasteiger partial charge in [-0.25, -0.2) is 0 Å². The van der Waals surface area contributed by atoms with Gasteiger partial charge < -0.3 is 24.1 Å². The van der Waals surface area contributed by atoms with E-state index in [1.54, 1.807) is 37.4 Å². The maximum atomic E-state index is 12.5. The number of methoxy groups -OCH3 is 2. The van der Waals surface area contributed by atoms with Crippen LogP contribution in [0.1, 0.15) is 45.1 Å². The van der Waals surface area contributed by atoms with Crippen molar-refractivity contribution in [2.75, 3.05) is 34.0 Å². The maximum Gasteiger partial charge on any atom is 0.325 e. The smallest absolute Gasteiger partial charge is 0.325 e. The Kier molecular flexibility index (Phi) is 8.17. The van der Waals surface area contributed by atoms with E-state index in [1.807, 2.05) is 25.3 Å². The molecule has 1 amide bonds. The fourth-order valence-corrected chi connectivity index (χ4v) is 3.33. The van der Waals surface area contributed by atoms with Gasteiger partial charge in [0.25, 0.3) is 5.91 Å². The van der Waals surface area contributed by atoms with Crippen LogP contribution in [0.2, 0.25) is 0 Å². The van der Waals surface area contributed by atoms with Crippen molar-refractivity contribution in [3.63, 3.8) is 0 Å². The minimum atomic E-state index is -0.688. The lowest BCUT2D eigenvalue weighted by molar-refractivity contribution is -0.141. The average Bonchev–Trinajstić information content (AvgIpc) is 3.04. The molecule has 162 valence electrons. The minimum absolute atomic E-state index is 0.0762. The summed E-state index contributed by atoms with van der Waals surface area (Å²) in [6.07, 6.45) is 0. The highest BCUT2D eigenvalue weighted by Crippen LogP contribution is 2.21. The standard InChI is InChI=1S/C22H28N2O6/c1-14-10-19(16(3)24(14)15(2)12-28-4)20(25)13-30-21(26)11-23-22(27)17-6-8-18(29-5)9-7-17/h6-10,15H,11-13H2,1-5H3,(H,23,27)/t15-/m0/s1. The number of carbonyl (C=O) groups is 3.